The fourth-order valence-corrected chi connectivity index (χ4v) is 2.73. The minimum atomic E-state index is -1.03. The fourth-order valence-electron chi connectivity index (χ4n) is 1.51. The second-order valence-electron chi connectivity index (χ2n) is 3.72. The van der Waals surface area contributed by atoms with E-state index in [2.05, 4.69) is 5.32 Å². The van der Waals surface area contributed by atoms with Gasteiger partial charge in [-0.2, -0.15) is 0 Å². The standard InChI is InChI=1S/C9H17NO2S/c1-4-9(5-2)7(11)10-8(3,12)6-13-9/h12H,4-6H2,1-3H3,(H,10,11)/t8-/m0/s1. The van der Waals surface area contributed by atoms with Gasteiger partial charge < -0.3 is 10.4 Å². The Kier molecular flexibility index (Phi) is 2.92. The third-order valence-electron chi connectivity index (χ3n) is 2.57. The molecule has 76 valence electrons. The first kappa shape index (κ1) is 10.9. The van der Waals surface area contributed by atoms with Crippen molar-refractivity contribution in [3.05, 3.63) is 0 Å². The molecule has 0 aromatic carbocycles. The molecule has 1 amide bonds. The zero-order valence-corrected chi connectivity index (χ0v) is 9.20. The molecule has 0 aliphatic carbocycles. The van der Waals surface area contributed by atoms with Gasteiger partial charge in [-0.3, -0.25) is 4.79 Å². The Bertz CT molecular complexity index is 212. The normalized spacial score (nSPS) is 32.8. The monoisotopic (exact) mass is 203 g/mol. The summed E-state index contributed by atoms with van der Waals surface area (Å²) in [7, 11) is 0. The zero-order valence-electron chi connectivity index (χ0n) is 8.39. The van der Waals surface area contributed by atoms with Crippen LogP contribution in [0.4, 0.5) is 0 Å². The lowest BCUT2D eigenvalue weighted by molar-refractivity contribution is -0.130. The average molecular weight is 203 g/mol. The van der Waals surface area contributed by atoms with Gasteiger partial charge in [-0.1, -0.05) is 13.8 Å². The summed E-state index contributed by atoms with van der Waals surface area (Å²) in [5.41, 5.74) is -1.03. The van der Waals surface area contributed by atoms with Crippen LogP contribution in [0.15, 0.2) is 0 Å². The quantitative estimate of drug-likeness (QED) is 0.707. The van der Waals surface area contributed by atoms with Crippen LogP contribution in [0.1, 0.15) is 33.6 Å². The number of hydrogen-bond donors (Lipinski definition) is 2. The van der Waals surface area contributed by atoms with Gasteiger partial charge >= 0.3 is 0 Å². The summed E-state index contributed by atoms with van der Waals surface area (Å²) in [5.74, 6) is 0.541. The number of carbonyl (C=O) groups excluding carboxylic acids is 1. The summed E-state index contributed by atoms with van der Waals surface area (Å²) in [4.78, 5) is 11.7. The molecule has 0 unspecified atom stereocenters. The number of rotatable bonds is 2. The molecule has 1 atom stereocenters. The molecule has 0 aromatic rings. The van der Waals surface area contributed by atoms with Crippen LogP contribution in [0.5, 0.6) is 0 Å². The highest BCUT2D eigenvalue weighted by molar-refractivity contribution is 8.01. The molecule has 0 bridgehead atoms. The molecule has 1 saturated heterocycles. The second kappa shape index (κ2) is 3.50. The maximum absolute atomic E-state index is 11.7. The summed E-state index contributed by atoms with van der Waals surface area (Å²) < 4.78 is -0.317. The highest BCUT2D eigenvalue weighted by Crippen LogP contribution is 2.38. The van der Waals surface area contributed by atoms with Crippen molar-refractivity contribution in [2.24, 2.45) is 0 Å². The van der Waals surface area contributed by atoms with Crippen molar-refractivity contribution in [1.29, 1.82) is 0 Å². The van der Waals surface area contributed by atoms with Crippen LogP contribution in [-0.2, 0) is 4.79 Å². The molecule has 1 aliphatic rings. The molecule has 13 heavy (non-hydrogen) atoms. The lowest BCUT2D eigenvalue weighted by Crippen LogP contribution is -2.60. The smallest absolute Gasteiger partial charge is 0.238 e. The molecule has 4 heteroatoms. The topological polar surface area (TPSA) is 49.3 Å². The van der Waals surface area contributed by atoms with Crippen LogP contribution in [0.2, 0.25) is 0 Å². The van der Waals surface area contributed by atoms with E-state index in [0.717, 1.165) is 12.8 Å². The van der Waals surface area contributed by atoms with E-state index in [1.165, 1.54) is 0 Å². The van der Waals surface area contributed by atoms with E-state index in [1.807, 2.05) is 13.8 Å². The van der Waals surface area contributed by atoms with Crippen LogP contribution >= 0.6 is 11.8 Å². The van der Waals surface area contributed by atoms with E-state index in [0.29, 0.717) is 5.75 Å². The van der Waals surface area contributed by atoms with Crippen molar-refractivity contribution in [2.75, 3.05) is 5.75 Å². The van der Waals surface area contributed by atoms with Crippen molar-refractivity contribution in [2.45, 2.75) is 44.1 Å². The summed E-state index contributed by atoms with van der Waals surface area (Å²) in [6.45, 7) is 5.65. The van der Waals surface area contributed by atoms with E-state index in [-0.39, 0.29) is 10.7 Å². The minimum absolute atomic E-state index is 0.0289. The SMILES string of the molecule is CCC1(CC)SC[C@](C)(O)NC1=O. The van der Waals surface area contributed by atoms with E-state index >= 15 is 0 Å². The maximum atomic E-state index is 11.7. The Labute approximate surface area is 83.3 Å². The number of amides is 1. The lowest BCUT2D eigenvalue weighted by atomic mass is 10.00. The Morgan fingerprint density at radius 3 is 2.46 bits per heavy atom. The number of hydrogen-bond acceptors (Lipinski definition) is 3. The van der Waals surface area contributed by atoms with E-state index in [4.69, 9.17) is 0 Å². The maximum Gasteiger partial charge on any atom is 0.238 e. The van der Waals surface area contributed by atoms with Crippen molar-refractivity contribution in [3.63, 3.8) is 0 Å². The van der Waals surface area contributed by atoms with Gasteiger partial charge in [0.05, 0.1) is 4.75 Å². The molecule has 1 rings (SSSR count). The molecular formula is C9H17NO2S. The van der Waals surface area contributed by atoms with Crippen LogP contribution in [-0.4, -0.2) is 27.2 Å². The molecule has 0 spiro atoms. The third-order valence-corrected chi connectivity index (χ3v) is 4.59. The molecule has 1 heterocycles. The number of aliphatic hydroxyl groups is 1. The van der Waals surface area contributed by atoms with Crippen molar-refractivity contribution >= 4 is 17.7 Å². The Balaban J connectivity index is 2.78. The highest BCUT2D eigenvalue weighted by atomic mass is 32.2. The lowest BCUT2D eigenvalue weighted by Gasteiger charge is -2.40. The van der Waals surface area contributed by atoms with Gasteiger partial charge in [0.2, 0.25) is 5.91 Å². The van der Waals surface area contributed by atoms with Gasteiger partial charge in [-0.25, -0.2) is 0 Å². The second-order valence-corrected chi connectivity index (χ2v) is 5.08. The molecule has 0 saturated carbocycles. The molecule has 1 fully saturated rings. The number of thioether (sulfide) groups is 1. The Morgan fingerprint density at radius 2 is 2.08 bits per heavy atom. The summed E-state index contributed by atoms with van der Waals surface area (Å²) in [6, 6.07) is 0. The molecular weight excluding hydrogens is 186 g/mol. The van der Waals surface area contributed by atoms with Gasteiger partial charge in [0.25, 0.3) is 0 Å². The van der Waals surface area contributed by atoms with Gasteiger partial charge in [0, 0.05) is 5.75 Å². The summed E-state index contributed by atoms with van der Waals surface area (Å²) in [6.07, 6.45) is 1.63. The third kappa shape index (κ3) is 1.99. The first-order valence-electron chi connectivity index (χ1n) is 4.65. The van der Waals surface area contributed by atoms with Crippen molar-refractivity contribution in [1.82, 2.24) is 5.32 Å². The Hall–Kier alpha value is -0.220. The largest absolute Gasteiger partial charge is 0.370 e. The van der Waals surface area contributed by atoms with E-state index < -0.39 is 5.72 Å². The van der Waals surface area contributed by atoms with E-state index in [1.54, 1.807) is 18.7 Å². The molecule has 0 aromatic heterocycles. The van der Waals surface area contributed by atoms with Crippen molar-refractivity contribution < 1.29 is 9.90 Å². The molecule has 0 radical (unpaired) electrons. The fraction of sp³-hybridized carbons (Fsp3) is 0.889. The summed E-state index contributed by atoms with van der Waals surface area (Å²) >= 11 is 1.56. The first-order valence-corrected chi connectivity index (χ1v) is 5.63. The van der Waals surface area contributed by atoms with Gasteiger partial charge in [0.1, 0.15) is 5.72 Å². The Morgan fingerprint density at radius 1 is 1.54 bits per heavy atom. The predicted molar refractivity (Wildman–Crippen MR) is 54.5 cm³/mol. The molecule has 2 N–H and O–H groups in total. The molecule has 1 aliphatic heterocycles. The van der Waals surface area contributed by atoms with E-state index in [9.17, 15) is 9.90 Å². The van der Waals surface area contributed by atoms with Crippen LogP contribution < -0.4 is 5.32 Å². The van der Waals surface area contributed by atoms with Crippen LogP contribution in [0.3, 0.4) is 0 Å². The number of carbonyl (C=O) groups is 1. The van der Waals surface area contributed by atoms with Gasteiger partial charge in [-0.05, 0) is 19.8 Å². The zero-order chi connectivity index (χ0) is 10.1. The molecule has 3 nitrogen and oxygen atoms in total. The number of nitrogens with one attached hydrogen (secondary N) is 1. The van der Waals surface area contributed by atoms with Crippen LogP contribution in [0.25, 0.3) is 0 Å². The van der Waals surface area contributed by atoms with Crippen LogP contribution in [0, 0.1) is 0 Å². The van der Waals surface area contributed by atoms with Gasteiger partial charge in [-0.15, -0.1) is 11.8 Å². The predicted octanol–water partition coefficient (Wildman–Crippen LogP) is 1.12. The highest BCUT2D eigenvalue weighted by Gasteiger charge is 2.44. The van der Waals surface area contributed by atoms with Crippen molar-refractivity contribution in [3.8, 4) is 0 Å². The minimum Gasteiger partial charge on any atom is -0.370 e. The average Bonchev–Trinajstić information content (AvgIpc) is 2.05. The summed E-state index contributed by atoms with van der Waals surface area (Å²) in [5, 5.41) is 12.3. The van der Waals surface area contributed by atoms with Gasteiger partial charge in [0.15, 0.2) is 0 Å². The first-order chi connectivity index (χ1) is 5.96.